The van der Waals surface area contributed by atoms with Gasteiger partial charge in [0.2, 0.25) is 0 Å². The third kappa shape index (κ3) is 3.35. The number of nitrogens with zero attached hydrogens (tertiary/aromatic N) is 6. The van der Waals surface area contributed by atoms with Gasteiger partial charge in [-0.2, -0.15) is 4.37 Å². The predicted octanol–water partition coefficient (Wildman–Crippen LogP) is 5.31. The van der Waals surface area contributed by atoms with Gasteiger partial charge in [0.25, 0.3) is 0 Å². The maximum atomic E-state index is 6.31. The van der Waals surface area contributed by atoms with E-state index in [4.69, 9.17) is 16.0 Å². The second-order valence-corrected chi connectivity index (χ2v) is 9.98. The van der Waals surface area contributed by atoms with Crippen molar-refractivity contribution in [3.63, 3.8) is 0 Å². The van der Waals surface area contributed by atoms with Gasteiger partial charge in [-0.3, -0.25) is 14.5 Å². The Morgan fingerprint density at radius 3 is 2.74 bits per heavy atom. The maximum absolute atomic E-state index is 6.31. The first kappa shape index (κ1) is 19.3. The van der Waals surface area contributed by atoms with Gasteiger partial charge in [0.1, 0.15) is 5.82 Å². The van der Waals surface area contributed by atoms with Crippen molar-refractivity contribution in [1.29, 1.82) is 0 Å². The summed E-state index contributed by atoms with van der Waals surface area (Å²) < 4.78 is 8.26. The number of rotatable bonds is 2. The Balaban J connectivity index is 1.30. The highest BCUT2D eigenvalue weighted by Gasteiger charge is 2.31. The highest BCUT2D eigenvalue weighted by molar-refractivity contribution is 7.13. The summed E-state index contributed by atoms with van der Waals surface area (Å²) in [5, 5.41) is 11.3. The van der Waals surface area contributed by atoms with Gasteiger partial charge < -0.3 is 0 Å². The average Bonchev–Trinajstić information content (AvgIpc) is 3.35. The standard InChI is InChI=1S/C23H23ClN6S/c1-29-12-16-10-17(24)6-7-19(16)30-21(13-29)26-27-23(30)15-4-2-14(3-5-15)22-18-8-9-25-11-20(18)31-28-22/h6-11,14-15H,2-5,12-13H2,1H3/t14-,15-. The number of benzene rings is 1. The van der Waals surface area contributed by atoms with Crippen LogP contribution >= 0.6 is 23.1 Å². The van der Waals surface area contributed by atoms with E-state index in [1.165, 1.54) is 27.0 Å². The number of fused-ring (bicyclic) bond motifs is 4. The van der Waals surface area contributed by atoms with Gasteiger partial charge in [0.15, 0.2) is 5.82 Å². The van der Waals surface area contributed by atoms with Crippen LogP contribution in [0.4, 0.5) is 0 Å². The Morgan fingerprint density at radius 1 is 1.03 bits per heavy atom. The Labute approximate surface area is 190 Å². The fourth-order valence-electron chi connectivity index (χ4n) is 5.18. The summed E-state index contributed by atoms with van der Waals surface area (Å²) in [6, 6.07) is 8.27. The molecule has 1 aliphatic heterocycles. The minimum atomic E-state index is 0.413. The molecule has 31 heavy (non-hydrogen) atoms. The third-order valence-electron chi connectivity index (χ3n) is 6.67. The van der Waals surface area contributed by atoms with E-state index in [-0.39, 0.29) is 0 Å². The molecule has 6 rings (SSSR count). The summed E-state index contributed by atoms with van der Waals surface area (Å²) in [5.74, 6) is 3.03. The monoisotopic (exact) mass is 450 g/mol. The van der Waals surface area contributed by atoms with E-state index >= 15 is 0 Å². The zero-order chi connectivity index (χ0) is 20.9. The number of aromatic nitrogens is 5. The Morgan fingerprint density at radius 2 is 1.87 bits per heavy atom. The molecule has 4 heterocycles. The molecular formula is C23H23ClN6S. The van der Waals surface area contributed by atoms with Crippen molar-refractivity contribution in [1.82, 2.24) is 29.0 Å². The first-order valence-corrected chi connectivity index (χ1v) is 11.9. The summed E-state index contributed by atoms with van der Waals surface area (Å²) in [6.45, 7) is 1.64. The molecule has 6 nitrogen and oxygen atoms in total. The molecule has 4 aromatic rings. The van der Waals surface area contributed by atoms with E-state index in [0.717, 1.165) is 55.4 Å². The number of halogens is 1. The summed E-state index contributed by atoms with van der Waals surface area (Å²) >= 11 is 7.87. The van der Waals surface area contributed by atoms with Gasteiger partial charge in [-0.05, 0) is 74.1 Å². The molecule has 0 amide bonds. The molecule has 1 aliphatic carbocycles. The fraction of sp³-hybridized carbons (Fsp3) is 0.391. The molecule has 0 atom stereocenters. The van der Waals surface area contributed by atoms with Crippen LogP contribution in [0.25, 0.3) is 15.8 Å². The van der Waals surface area contributed by atoms with Crippen LogP contribution in [-0.2, 0) is 13.1 Å². The van der Waals surface area contributed by atoms with Gasteiger partial charge in [0, 0.05) is 41.2 Å². The van der Waals surface area contributed by atoms with Crippen LogP contribution < -0.4 is 0 Å². The highest BCUT2D eigenvalue weighted by atomic mass is 35.5. The second kappa shape index (κ2) is 7.65. The van der Waals surface area contributed by atoms with Crippen LogP contribution in [-0.4, -0.2) is 36.1 Å². The molecule has 0 N–H and O–H groups in total. The smallest absolute Gasteiger partial charge is 0.151 e. The molecule has 0 saturated heterocycles. The molecule has 0 bridgehead atoms. The lowest BCUT2D eigenvalue weighted by atomic mass is 9.79. The molecule has 1 saturated carbocycles. The van der Waals surface area contributed by atoms with E-state index in [9.17, 15) is 0 Å². The molecule has 158 valence electrons. The zero-order valence-electron chi connectivity index (χ0n) is 17.3. The summed E-state index contributed by atoms with van der Waals surface area (Å²) in [4.78, 5) is 6.51. The molecule has 0 spiro atoms. The van der Waals surface area contributed by atoms with Crippen LogP contribution in [0.3, 0.4) is 0 Å². The lowest BCUT2D eigenvalue weighted by Gasteiger charge is -2.27. The van der Waals surface area contributed by atoms with Gasteiger partial charge >= 0.3 is 0 Å². The normalized spacial score (nSPS) is 21.6. The molecule has 8 heteroatoms. The van der Waals surface area contributed by atoms with Gasteiger partial charge in [-0.1, -0.05) is 11.6 Å². The summed E-state index contributed by atoms with van der Waals surface area (Å²) in [7, 11) is 2.12. The van der Waals surface area contributed by atoms with Crippen molar-refractivity contribution in [2.45, 2.75) is 50.6 Å². The van der Waals surface area contributed by atoms with Crippen molar-refractivity contribution < 1.29 is 0 Å². The van der Waals surface area contributed by atoms with E-state index in [1.54, 1.807) is 11.5 Å². The topological polar surface area (TPSA) is 59.7 Å². The van der Waals surface area contributed by atoms with Crippen molar-refractivity contribution in [2.75, 3.05) is 7.05 Å². The van der Waals surface area contributed by atoms with E-state index in [0.29, 0.717) is 11.8 Å². The molecule has 1 fully saturated rings. The van der Waals surface area contributed by atoms with Crippen LogP contribution in [0.2, 0.25) is 5.02 Å². The lowest BCUT2D eigenvalue weighted by molar-refractivity contribution is 0.315. The molecular weight excluding hydrogens is 428 g/mol. The predicted molar refractivity (Wildman–Crippen MR) is 123 cm³/mol. The molecule has 0 radical (unpaired) electrons. The Kier molecular flexibility index (Phi) is 4.78. The Hall–Kier alpha value is -2.35. The van der Waals surface area contributed by atoms with Gasteiger partial charge in [0.05, 0.1) is 22.6 Å². The van der Waals surface area contributed by atoms with Gasteiger partial charge in [-0.25, -0.2) is 0 Å². The van der Waals surface area contributed by atoms with Crippen LogP contribution in [0.5, 0.6) is 0 Å². The average molecular weight is 451 g/mol. The molecule has 0 unspecified atom stereocenters. The first-order chi connectivity index (χ1) is 15.2. The van der Waals surface area contributed by atoms with Crippen LogP contribution in [0.1, 0.15) is 60.4 Å². The summed E-state index contributed by atoms with van der Waals surface area (Å²) in [6.07, 6.45) is 8.26. The van der Waals surface area contributed by atoms with Crippen molar-refractivity contribution in [3.8, 4) is 5.69 Å². The summed E-state index contributed by atoms with van der Waals surface area (Å²) in [5.41, 5.74) is 3.65. The van der Waals surface area contributed by atoms with Crippen molar-refractivity contribution in [2.24, 2.45) is 0 Å². The van der Waals surface area contributed by atoms with E-state index < -0.39 is 0 Å². The van der Waals surface area contributed by atoms with Crippen LogP contribution in [0.15, 0.2) is 36.7 Å². The number of pyridine rings is 1. The minimum Gasteiger partial charge on any atom is -0.295 e. The van der Waals surface area contributed by atoms with E-state index in [2.05, 4.69) is 49.9 Å². The fourth-order valence-corrected chi connectivity index (χ4v) is 6.20. The van der Waals surface area contributed by atoms with E-state index in [1.807, 2.05) is 18.5 Å². The van der Waals surface area contributed by atoms with Gasteiger partial charge in [-0.15, -0.1) is 10.2 Å². The molecule has 3 aromatic heterocycles. The molecule has 2 aliphatic rings. The SMILES string of the molecule is CN1Cc2cc(Cl)ccc2-n2c(nnc2[C@H]2CC[C@H](c3nsc4cnccc43)CC2)C1. The third-order valence-corrected chi connectivity index (χ3v) is 7.72. The molecule has 1 aromatic carbocycles. The highest BCUT2D eigenvalue weighted by Crippen LogP contribution is 2.43. The quantitative estimate of drug-likeness (QED) is 0.414. The number of hydrogen-bond acceptors (Lipinski definition) is 6. The maximum Gasteiger partial charge on any atom is 0.151 e. The van der Waals surface area contributed by atoms with Crippen molar-refractivity contribution in [3.05, 3.63) is 64.6 Å². The lowest BCUT2D eigenvalue weighted by Crippen LogP contribution is -2.17. The minimum absolute atomic E-state index is 0.413. The second-order valence-electron chi connectivity index (χ2n) is 8.74. The largest absolute Gasteiger partial charge is 0.295 e. The first-order valence-electron chi connectivity index (χ1n) is 10.8. The number of hydrogen-bond donors (Lipinski definition) is 0. The van der Waals surface area contributed by atoms with Crippen LogP contribution in [0, 0.1) is 0 Å². The van der Waals surface area contributed by atoms with Crippen molar-refractivity contribution >= 4 is 33.2 Å². The zero-order valence-corrected chi connectivity index (χ0v) is 18.9. The Bertz CT molecular complexity index is 1260.